The van der Waals surface area contributed by atoms with E-state index in [1.165, 1.54) is 4.90 Å². The second-order valence-corrected chi connectivity index (χ2v) is 7.08. The van der Waals surface area contributed by atoms with Gasteiger partial charge in [-0.2, -0.15) is 0 Å². The molecule has 1 aliphatic heterocycles. The second-order valence-electron chi connectivity index (χ2n) is 7.08. The predicted molar refractivity (Wildman–Crippen MR) is 95.9 cm³/mol. The molecule has 1 aromatic rings. The lowest BCUT2D eigenvalue weighted by Crippen LogP contribution is -2.53. The minimum Gasteiger partial charge on any atom is -0.489 e. The summed E-state index contributed by atoms with van der Waals surface area (Å²) in [7, 11) is 0. The second kappa shape index (κ2) is 8.22. The monoisotopic (exact) mass is 397 g/mol. The molecule has 0 spiro atoms. The molecule has 0 saturated heterocycles. The molecule has 2 aliphatic rings. The van der Waals surface area contributed by atoms with Gasteiger partial charge in [0.15, 0.2) is 0 Å². The number of nitrogens with two attached hydrogens (primary N) is 1. The number of rotatable bonds is 7. The van der Waals surface area contributed by atoms with Gasteiger partial charge in [-0.15, -0.1) is 0 Å². The van der Waals surface area contributed by atoms with Crippen molar-refractivity contribution in [1.82, 2.24) is 10.2 Å². The Bertz CT molecular complexity index is 790. The van der Waals surface area contributed by atoms with Crippen molar-refractivity contribution in [3.05, 3.63) is 41.2 Å². The number of benzene rings is 1. The fraction of sp³-hybridized carbons (Fsp3) is 0.474. The first-order valence-corrected chi connectivity index (χ1v) is 9.01. The topological polar surface area (TPSA) is 84.7 Å². The number of halogens is 3. The highest BCUT2D eigenvalue weighted by molar-refractivity contribution is 5.98. The van der Waals surface area contributed by atoms with Crippen molar-refractivity contribution in [1.29, 1.82) is 0 Å². The molecule has 9 heteroatoms. The molecule has 6 nitrogen and oxygen atoms in total. The number of nitrogens with one attached hydrogen (secondary N) is 1. The predicted octanol–water partition coefficient (Wildman–Crippen LogP) is 1.79. The largest absolute Gasteiger partial charge is 0.489 e. The lowest BCUT2D eigenvalue weighted by atomic mass is 9.88. The number of carbonyl (C=O) groups is 2. The maximum Gasteiger partial charge on any atom is 0.254 e. The summed E-state index contributed by atoms with van der Waals surface area (Å²) in [5.74, 6) is -2.95. The van der Waals surface area contributed by atoms with Gasteiger partial charge >= 0.3 is 0 Å². The maximum absolute atomic E-state index is 12.8. The number of hydrogen-bond donors (Lipinski definition) is 2. The smallest absolute Gasteiger partial charge is 0.254 e. The van der Waals surface area contributed by atoms with Crippen molar-refractivity contribution in [2.24, 2.45) is 5.73 Å². The Hall–Kier alpha value is -2.55. The fourth-order valence-corrected chi connectivity index (χ4v) is 3.27. The lowest BCUT2D eigenvalue weighted by Gasteiger charge is -2.36. The van der Waals surface area contributed by atoms with E-state index in [2.05, 4.69) is 5.32 Å². The van der Waals surface area contributed by atoms with Crippen LogP contribution in [0.15, 0.2) is 30.1 Å². The number of hydrogen-bond acceptors (Lipinski definition) is 4. The average molecular weight is 397 g/mol. The molecule has 1 aliphatic carbocycles. The average Bonchev–Trinajstić information content (AvgIpc) is 2.63. The molecule has 1 saturated carbocycles. The normalized spacial score (nSPS) is 19.1. The Morgan fingerprint density at radius 2 is 2.14 bits per heavy atom. The summed E-state index contributed by atoms with van der Waals surface area (Å²) in [5, 5.41) is 2.53. The first-order valence-electron chi connectivity index (χ1n) is 9.01. The number of amides is 2. The quantitative estimate of drug-likeness (QED) is 0.735. The Balaban J connectivity index is 1.56. The Morgan fingerprint density at radius 3 is 2.79 bits per heavy atom. The van der Waals surface area contributed by atoms with Gasteiger partial charge in [0.1, 0.15) is 12.4 Å². The van der Waals surface area contributed by atoms with Crippen molar-refractivity contribution < 1.29 is 27.5 Å². The zero-order chi connectivity index (χ0) is 20.3. The number of alkyl halides is 2. The molecule has 0 aromatic heterocycles. The number of ether oxygens (including phenoxy) is 1. The molecular formula is C19H22F3N3O3. The fourth-order valence-electron chi connectivity index (χ4n) is 3.27. The minimum absolute atomic E-state index is 0.0201. The Morgan fingerprint density at radius 1 is 1.39 bits per heavy atom. The van der Waals surface area contributed by atoms with Crippen LogP contribution in [-0.4, -0.2) is 54.9 Å². The van der Waals surface area contributed by atoms with E-state index in [1.54, 1.807) is 18.2 Å². The molecule has 3 N–H and O–H groups in total. The van der Waals surface area contributed by atoms with Crippen LogP contribution in [-0.2, 0) is 11.2 Å². The molecule has 152 valence electrons. The first-order chi connectivity index (χ1) is 13.3. The molecule has 1 aromatic carbocycles. The van der Waals surface area contributed by atoms with Gasteiger partial charge in [-0.3, -0.25) is 9.59 Å². The van der Waals surface area contributed by atoms with Gasteiger partial charge in [-0.25, -0.2) is 13.2 Å². The summed E-state index contributed by atoms with van der Waals surface area (Å²) in [6, 6.07) is 4.38. The lowest BCUT2D eigenvalue weighted by molar-refractivity contribution is -0.129. The highest BCUT2D eigenvalue weighted by atomic mass is 19.3. The van der Waals surface area contributed by atoms with Crippen LogP contribution in [0.2, 0.25) is 0 Å². The molecule has 0 unspecified atom stereocenters. The van der Waals surface area contributed by atoms with Gasteiger partial charge in [-0.1, -0.05) is 0 Å². The summed E-state index contributed by atoms with van der Waals surface area (Å²) < 4.78 is 43.7. The standard InChI is InChI=1S/C19H22F3N3O3/c20-8-12(9-23)11-28-15-1-2-16-13(5-15)3-4-25(18(16)27)10-17(26)24-14-6-19(21,22)7-14/h1-2,5,8,14H,3-4,6-7,9-11,23H2,(H,24,26)/b12-8+. The molecule has 0 bridgehead atoms. The highest BCUT2D eigenvalue weighted by Crippen LogP contribution is 2.37. The zero-order valence-corrected chi connectivity index (χ0v) is 15.2. The summed E-state index contributed by atoms with van der Waals surface area (Å²) in [4.78, 5) is 26.0. The Labute approximate surface area is 160 Å². The van der Waals surface area contributed by atoms with E-state index in [4.69, 9.17) is 10.5 Å². The van der Waals surface area contributed by atoms with Gasteiger partial charge in [0.2, 0.25) is 5.91 Å². The van der Waals surface area contributed by atoms with Crippen LogP contribution in [0.5, 0.6) is 5.75 Å². The van der Waals surface area contributed by atoms with Gasteiger partial charge in [0.05, 0.1) is 12.9 Å². The van der Waals surface area contributed by atoms with E-state index in [0.717, 1.165) is 5.56 Å². The maximum atomic E-state index is 12.8. The van der Waals surface area contributed by atoms with Gasteiger partial charge < -0.3 is 20.7 Å². The number of fused-ring (bicyclic) bond motifs is 1. The number of nitrogens with zero attached hydrogens (tertiary/aromatic N) is 1. The third-order valence-corrected chi connectivity index (χ3v) is 4.88. The molecule has 1 heterocycles. The molecule has 1 fully saturated rings. The molecular weight excluding hydrogens is 375 g/mol. The first kappa shape index (κ1) is 20.2. The third-order valence-electron chi connectivity index (χ3n) is 4.88. The van der Waals surface area contributed by atoms with Crippen molar-refractivity contribution in [3.63, 3.8) is 0 Å². The van der Waals surface area contributed by atoms with Crippen LogP contribution < -0.4 is 15.8 Å². The van der Waals surface area contributed by atoms with Crippen LogP contribution in [0.1, 0.15) is 28.8 Å². The number of carbonyl (C=O) groups excluding carboxylic acids is 2. The van der Waals surface area contributed by atoms with Gasteiger partial charge in [-0.05, 0) is 30.2 Å². The van der Waals surface area contributed by atoms with E-state index >= 15 is 0 Å². The van der Waals surface area contributed by atoms with E-state index < -0.39 is 17.9 Å². The van der Waals surface area contributed by atoms with E-state index in [0.29, 0.717) is 36.2 Å². The van der Waals surface area contributed by atoms with Crippen LogP contribution in [0, 0.1) is 0 Å². The molecule has 0 radical (unpaired) electrons. The molecule has 2 amide bonds. The van der Waals surface area contributed by atoms with Crippen molar-refractivity contribution in [2.45, 2.75) is 31.2 Å². The summed E-state index contributed by atoms with van der Waals surface area (Å²) >= 11 is 0. The summed E-state index contributed by atoms with van der Waals surface area (Å²) in [5.41, 5.74) is 6.93. The van der Waals surface area contributed by atoms with Gasteiger partial charge in [0.25, 0.3) is 11.8 Å². The molecule has 28 heavy (non-hydrogen) atoms. The zero-order valence-electron chi connectivity index (χ0n) is 15.2. The van der Waals surface area contributed by atoms with E-state index in [9.17, 15) is 22.8 Å². The molecule has 0 atom stereocenters. The van der Waals surface area contributed by atoms with Crippen molar-refractivity contribution in [3.8, 4) is 5.75 Å². The summed E-state index contributed by atoms with van der Waals surface area (Å²) in [6.45, 7) is 0.239. The summed E-state index contributed by atoms with van der Waals surface area (Å²) in [6.07, 6.45) is 0.217. The van der Waals surface area contributed by atoms with Crippen molar-refractivity contribution in [2.75, 3.05) is 26.2 Å². The van der Waals surface area contributed by atoms with E-state index in [1.807, 2.05) is 0 Å². The highest BCUT2D eigenvalue weighted by Gasteiger charge is 2.46. The Kier molecular flexibility index (Phi) is 5.93. The third kappa shape index (κ3) is 4.64. The molecule has 3 rings (SSSR count). The van der Waals surface area contributed by atoms with E-state index in [-0.39, 0.29) is 38.4 Å². The van der Waals surface area contributed by atoms with Crippen molar-refractivity contribution >= 4 is 11.8 Å². The van der Waals surface area contributed by atoms with Crippen LogP contribution in [0.25, 0.3) is 0 Å². The van der Waals surface area contributed by atoms with Crippen LogP contribution in [0.4, 0.5) is 13.2 Å². The minimum atomic E-state index is -2.71. The van der Waals surface area contributed by atoms with Gasteiger partial charge in [0, 0.05) is 43.1 Å². The SMILES string of the molecule is NC/C(=C\F)COc1ccc2c(c1)CCN(CC(=O)NC1CC(F)(F)C1)C2=O. The van der Waals surface area contributed by atoms with Crippen LogP contribution in [0.3, 0.4) is 0 Å². The van der Waals surface area contributed by atoms with Crippen LogP contribution >= 0.6 is 0 Å².